The molecule has 19 heavy (non-hydrogen) atoms. The number of anilines is 1. The number of halogens is 1. The fourth-order valence-electron chi connectivity index (χ4n) is 1.99. The minimum atomic E-state index is 0.129. The van der Waals surface area contributed by atoms with Crippen LogP contribution in [0.2, 0.25) is 0 Å². The summed E-state index contributed by atoms with van der Waals surface area (Å²) in [7, 11) is 3.64. The van der Waals surface area contributed by atoms with Gasteiger partial charge in [0.15, 0.2) is 0 Å². The first-order valence-corrected chi connectivity index (χ1v) is 7.24. The molecule has 5 heteroatoms. The summed E-state index contributed by atoms with van der Waals surface area (Å²) in [6.07, 6.45) is 0. The maximum atomic E-state index is 9.24. The Morgan fingerprint density at radius 1 is 1.42 bits per heavy atom. The third kappa shape index (κ3) is 4.76. The predicted octanol–water partition coefficient (Wildman–Crippen LogP) is 2.17. The number of hydrogen-bond donors (Lipinski definition) is 2. The Hall–Kier alpha value is -0.620. The van der Waals surface area contributed by atoms with Crippen molar-refractivity contribution in [2.75, 3.05) is 45.4 Å². The Bertz CT molecular complexity index is 388. The van der Waals surface area contributed by atoms with Crippen molar-refractivity contribution >= 4 is 21.6 Å². The first-order valence-electron chi connectivity index (χ1n) is 6.45. The summed E-state index contributed by atoms with van der Waals surface area (Å²) in [5, 5.41) is 12.5. The van der Waals surface area contributed by atoms with Crippen LogP contribution in [0, 0.1) is 0 Å². The highest BCUT2D eigenvalue weighted by Crippen LogP contribution is 2.29. The summed E-state index contributed by atoms with van der Waals surface area (Å²) in [6, 6.07) is 6.50. The number of nitrogens with one attached hydrogen (secondary N) is 1. The molecule has 0 fully saturated rings. The van der Waals surface area contributed by atoms with E-state index in [-0.39, 0.29) is 12.6 Å². The Kier molecular flexibility index (Phi) is 7.38. The molecule has 0 saturated heterocycles. The summed E-state index contributed by atoms with van der Waals surface area (Å²) in [6.45, 7) is 4.25. The molecule has 0 radical (unpaired) electrons. The monoisotopic (exact) mass is 330 g/mol. The van der Waals surface area contributed by atoms with Crippen molar-refractivity contribution in [3.8, 4) is 0 Å². The Labute approximate surface area is 123 Å². The number of hydrogen-bond acceptors (Lipinski definition) is 4. The van der Waals surface area contributed by atoms with Crippen molar-refractivity contribution in [2.24, 2.45) is 0 Å². The van der Waals surface area contributed by atoms with Gasteiger partial charge in [0.1, 0.15) is 0 Å². The van der Waals surface area contributed by atoms with Gasteiger partial charge in [-0.1, -0.05) is 22.0 Å². The SMILES string of the molecule is CNC(C)c1ccc(Br)cc1N(CCO)CCOC. The lowest BCUT2D eigenvalue weighted by Gasteiger charge is -2.28. The summed E-state index contributed by atoms with van der Waals surface area (Å²) in [5.74, 6) is 0. The minimum absolute atomic E-state index is 0.129. The smallest absolute Gasteiger partial charge is 0.0637 e. The van der Waals surface area contributed by atoms with E-state index >= 15 is 0 Å². The van der Waals surface area contributed by atoms with Crippen LogP contribution in [-0.2, 0) is 4.74 Å². The Morgan fingerprint density at radius 3 is 2.74 bits per heavy atom. The number of rotatable bonds is 8. The number of benzene rings is 1. The van der Waals surface area contributed by atoms with E-state index in [0.717, 1.165) is 16.7 Å². The average Bonchev–Trinajstić information content (AvgIpc) is 2.42. The van der Waals surface area contributed by atoms with Gasteiger partial charge < -0.3 is 20.1 Å². The Balaban J connectivity index is 3.07. The highest BCUT2D eigenvalue weighted by Gasteiger charge is 2.15. The third-order valence-corrected chi connectivity index (χ3v) is 3.66. The van der Waals surface area contributed by atoms with Gasteiger partial charge in [0.2, 0.25) is 0 Å². The number of aliphatic hydroxyl groups excluding tert-OH is 1. The molecule has 0 aliphatic rings. The van der Waals surface area contributed by atoms with Crippen LogP contribution in [0.5, 0.6) is 0 Å². The highest BCUT2D eigenvalue weighted by atomic mass is 79.9. The fourth-order valence-corrected chi connectivity index (χ4v) is 2.34. The molecule has 0 bridgehead atoms. The second kappa shape index (κ2) is 8.53. The van der Waals surface area contributed by atoms with Crippen molar-refractivity contribution in [1.82, 2.24) is 5.32 Å². The fraction of sp³-hybridized carbons (Fsp3) is 0.571. The average molecular weight is 331 g/mol. The van der Waals surface area contributed by atoms with Crippen molar-refractivity contribution in [3.05, 3.63) is 28.2 Å². The second-order valence-electron chi connectivity index (χ2n) is 4.42. The van der Waals surface area contributed by atoms with Crippen LogP contribution >= 0.6 is 15.9 Å². The third-order valence-electron chi connectivity index (χ3n) is 3.17. The number of nitrogens with zero attached hydrogens (tertiary/aromatic N) is 1. The van der Waals surface area contributed by atoms with Gasteiger partial charge in [-0.2, -0.15) is 0 Å². The molecule has 1 rings (SSSR count). The molecule has 0 saturated carbocycles. The maximum absolute atomic E-state index is 9.24. The van der Waals surface area contributed by atoms with Crippen LogP contribution < -0.4 is 10.2 Å². The molecule has 108 valence electrons. The zero-order valence-corrected chi connectivity index (χ0v) is 13.4. The van der Waals surface area contributed by atoms with Gasteiger partial charge in [-0.3, -0.25) is 0 Å². The van der Waals surface area contributed by atoms with Gasteiger partial charge in [-0.05, 0) is 31.7 Å². The molecule has 0 aromatic heterocycles. The molecular weight excluding hydrogens is 308 g/mol. The quantitative estimate of drug-likeness (QED) is 0.766. The topological polar surface area (TPSA) is 44.7 Å². The van der Waals surface area contributed by atoms with Crippen molar-refractivity contribution < 1.29 is 9.84 Å². The van der Waals surface area contributed by atoms with E-state index in [1.54, 1.807) is 7.11 Å². The maximum Gasteiger partial charge on any atom is 0.0637 e. The molecule has 2 N–H and O–H groups in total. The van der Waals surface area contributed by atoms with Crippen LogP contribution in [-0.4, -0.2) is 45.6 Å². The molecule has 0 aliphatic carbocycles. The second-order valence-corrected chi connectivity index (χ2v) is 5.33. The summed E-state index contributed by atoms with van der Waals surface area (Å²) in [5.41, 5.74) is 2.34. The Morgan fingerprint density at radius 2 is 2.16 bits per heavy atom. The van der Waals surface area contributed by atoms with E-state index in [1.165, 1.54) is 5.56 Å². The van der Waals surface area contributed by atoms with Crippen LogP contribution in [0.1, 0.15) is 18.5 Å². The van der Waals surface area contributed by atoms with E-state index in [1.807, 2.05) is 13.1 Å². The lowest BCUT2D eigenvalue weighted by molar-refractivity contribution is 0.203. The van der Waals surface area contributed by atoms with Gasteiger partial charge in [0.05, 0.1) is 13.2 Å². The number of aliphatic hydroxyl groups is 1. The molecular formula is C14H23BrN2O2. The molecule has 1 unspecified atom stereocenters. The van der Waals surface area contributed by atoms with Crippen LogP contribution in [0.15, 0.2) is 22.7 Å². The van der Waals surface area contributed by atoms with Crippen LogP contribution in [0.3, 0.4) is 0 Å². The van der Waals surface area contributed by atoms with Crippen LogP contribution in [0.25, 0.3) is 0 Å². The van der Waals surface area contributed by atoms with E-state index in [4.69, 9.17) is 4.74 Å². The highest BCUT2D eigenvalue weighted by molar-refractivity contribution is 9.10. The van der Waals surface area contributed by atoms with Gasteiger partial charge in [0.25, 0.3) is 0 Å². The van der Waals surface area contributed by atoms with Crippen molar-refractivity contribution in [2.45, 2.75) is 13.0 Å². The molecule has 4 nitrogen and oxygen atoms in total. The standard InChI is InChI=1S/C14H23BrN2O2/c1-11(16-2)13-5-4-12(15)10-14(13)17(6-8-18)7-9-19-3/h4-5,10-11,16,18H,6-9H2,1-3H3. The predicted molar refractivity (Wildman–Crippen MR) is 82.8 cm³/mol. The van der Waals surface area contributed by atoms with E-state index in [9.17, 15) is 5.11 Å². The van der Waals surface area contributed by atoms with E-state index in [0.29, 0.717) is 13.2 Å². The van der Waals surface area contributed by atoms with Crippen LogP contribution in [0.4, 0.5) is 5.69 Å². The summed E-state index contributed by atoms with van der Waals surface area (Å²) in [4.78, 5) is 2.15. The zero-order chi connectivity index (χ0) is 14.3. The molecule has 0 heterocycles. The summed E-state index contributed by atoms with van der Waals surface area (Å²) >= 11 is 3.51. The largest absolute Gasteiger partial charge is 0.395 e. The van der Waals surface area contributed by atoms with Crippen molar-refractivity contribution in [1.29, 1.82) is 0 Å². The minimum Gasteiger partial charge on any atom is -0.395 e. The van der Waals surface area contributed by atoms with Crippen molar-refractivity contribution in [3.63, 3.8) is 0 Å². The molecule has 1 atom stereocenters. The van der Waals surface area contributed by atoms with E-state index in [2.05, 4.69) is 45.2 Å². The lowest BCUT2D eigenvalue weighted by Crippen LogP contribution is -2.32. The molecule has 0 spiro atoms. The van der Waals surface area contributed by atoms with Gasteiger partial charge in [-0.15, -0.1) is 0 Å². The molecule has 0 amide bonds. The normalized spacial score (nSPS) is 12.5. The first kappa shape index (κ1) is 16.4. The van der Waals surface area contributed by atoms with Gasteiger partial charge >= 0.3 is 0 Å². The molecule has 0 aliphatic heterocycles. The zero-order valence-electron chi connectivity index (χ0n) is 11.8. The number of methoxy groups -OCH3 is 1. The molecule has 1 aromatic rings. The molecule has 1 aromatic carbocycles. The van der Waals surface area contributed by atoms with E-state index < -0.39 is 0 Å². The van der Waals surface area contributed by atoms with Gasteiger partial charge in [0, 0.05) is 36.4 Å². The van der Waals surface area contributed by atoms with Gasteiger partial charge in [-0.25, -0.2) is 0 Å². The summed E-state index contributed by atoms with van der Waals surface area (Å²) < 4.78 is 6.18. The first-order chi connectivity index (χ1) is 9.13. The number of ether oxygens (including phenoxy) is 1. The lowest BCUT2D eigenvalue weighted by atomic mass is 10.1.